The third kappa shape index (κ3) is 3.22. The lowest BCUT2D eigenvalue weighted by molar-refractivity contribution is 0.102. The van der Waals surface area contributed by atoms with E-state index in [1.165, 1.54) is 0 Å². The molecule has 1 amide bonds. The molecule has 0 radical (unpaired) electrons. The van der Waals surface area contributed by atoms with Gasteiger partial charge in [0.2, 0.25) is 0 Å². The number of rotatable bonds is 4. The van der Waals surface area contributed by atoms with Crippen LogP contribution in [-0.4, -0.2) is 45.0 Å². The van der Waals surface area contributed by atoms with Crippen molar-refractivity contribution in [2.24, 2.45) is 7.05 Å². The van der Waals surface area contributed by atoms with Crippen molar-refractivity contribution in [1.29, 1.82) is 0 Å². The number of aromatic nitrogens is 3. The number of benzene rings is 1. The van der Waals surface area contributed by atoms with E-state index in [4.69, 9.17) is 0 Å². The van der Waals surface area contributed by atoms with Gasteiger partial charge in [-0.2, -0.15) is 5.10 Å². The van der Waals surface area contributed by atoms with Crippen molar-refractivity contribution >= 4 is 28.3 Å². The molecule has 1 aromatic carbocycles. The summed E-state index contributed by atoms with van der Waals surface area (Å²) >= 11 is 0. The zero-order valence-electron chi connectivity index (χ0n) is 15.8. The van der Waals surface area contributed by atoms with Crippen LogP contribution in [0.1, 0.15) is 41.2 Å². The van der Waals surface area contributed by atoms with Gasteiger partial charge in [0.25, 0.3) is 5.91 Å². The number of carbonyl (C=O) groups excluding carboxylic acids is 1. The number of hydrogen-bond donors (Lipinski definition) is 2. The van der Waals surface area contributed by atoms with E-state index < -0.39 is 0 Å². The predicted molar refractivity (Wildman–Crippen MR) is 108 cm³/mol. The number of nitrogens with zero attached hydrogens (tertiary/aromatic N) is 4. The van der Waals surface area contributed by atoms with Gasteiger partial charge in [-0.3, -0.25) is 9.48 Å². The Kier molecular flexibility index (Phi) is 4.05. The van der Waals surface area contributed by atoms with E-state index in [0.717, 1.165) is 53.8 Å². The van der Waals surface area contributed by atoms with Gasteiger partial charge in [-0.05, 0) is 55.0 Å². The average molecular weight is 377 g/mol. The van der Waals surface area contributed by atoms with Gasteiger partial charge in [0.1, 0.15) is 11.5 Å². The number of carbonyl (C=O) groups is 1. The van der Waals surface area contributed by atoms with Crippen LogP contribution in [0.2, 0.25) is 0 Å². The Bertz CT molecular complexity index is 1060. The molecule has 2 fully saturated rings. The molecule has 2 aliphatic rings. The van der Waals surface area contributed by atoms with E-state index >= 15 is 0 Å². The van der Waals surface area contributed by atoms with Crippen molar-refractivity contribution in [3.63, 3.8) is 0 Å². The molecular weight excluding hydrogens is 354 g/mol. The van der Waals surface area contributed by atoms with Gasteiger partial charge in [-0.25, -0.2) is 4.98 Å². The summed E-state index contributed by atoms with van der Waals surface area (Å²) in [6.45, 7) is 1.31. The molecule has 1 saturated heterocycles. The van der Waals surface area contributed by atoms with E-state index in [0.29, 0.717) is 18.2 Å². The first-order valence-corrected chi connectivity index (χ1v) is 9.75. The molecule has 1 aliphatic heterocycles. The van der Waals surface area contributed by atoms with Crippen molar-refractivity contribution < 1.29 is 9.90 Å². The largest absolute Gasteiger partial charge is 0.391 e. The van der Waals surface area contributed by atoms with Crippen LogP contribution in [0.15, 0.2) is 36.5 Å². The first-order chi connectivity index (χ1) is 13.6. The van der Waals surface area contributed by atoms with Crippen LogP contribution in [0, 0.1) is 0 Å². The maximum absolute atomic E-state index is 12.9. The van der Waals surface area contributed by atoms with Gasteiger partial charge in [-0.1, -0.05) is 6.07 Å². The van der Waals surface area contributed by atoms with Crippen molar-refractivity contribution in [2.75, 3.05) is 23.3 Å². The molecule has 0 bridgehead atoms. The minimum absolute atomic E-state index is 0.216. The summed E-state index contributed by atoms with van der Waals surface area (Å²) in [4.78, 5) is 19.5. The van der Waals surface area contributed by atoms with Crippen LogP contribution in [0.3, 0.4) is 0 Å². The minimum atomic E-state index is -0.327. The highest BCUT2D eigenvalue weighted by atomic mass is 16.3. The highest BCUT2D eigenvalue weighted by Crippen LogP contribution is 2.44. The minimum Gasteiger partial charge on any atom is -0.391 e. The van der Waals surface area contributed by atoms with Crippen LogP contribution >= 0.6 is 0 Å². The van der Waals surface area contributed by atoms with Gasteiger partial charge in [0.15, 0.2) is 0 Å². The molecule has 1 saturated carbocycles. The smallest absolute Gasteiger partial charge is 0.274 e. The second kappa shape index (κ2) is 6.60. The molecule has 0 spiro atoms. The topological polar surface area (TPSA) is 83.3 Å². The lowest BCUT2D eigenvalue weighted by atomic mass is 10.1. The molecular formula is C21H23N5O2. The third-order valence-electron chi connectivity index (χ3n) is 5.51. The molecule has 28 heavy (non-hydrogen) atoms. The summed E-state index contributed by atoms with van der Waals surface area (Å²) < 4.78 is 1.79. The van der Waals surface area contributed by atoms with E-state index in [1.54, 1.807) is 10.7 Å². The molecule has 2 aromatic heterocycles. The van der Waals surface area contributed by atoms with Gasteiger partial charge >= 0.3 is 0 Å². The summed E-state index contributed by atoms with van der Waals surface area (Å²) in [5, 5.41) is 18.3. The fraction of sp³-hybridized carbons (Fsp3) is 0.381. The molecule has 1 atom stereocenters. The fourth-order valence-electron chi connectivity index (χ4n) is 3.91. The lowest BCUT2D eigenvalue weighted by Gasteiger charge is -2.17. The van der Waals surface area contributed by atoms with Crippen LogP contribution in [0.25, 0.3) is 10.9 Å². The van der Waals surface area contributed by atoms with Crippen molar-refractivity contribution in [3.8, 4) is 0 Å². The summed E-state index contributed by atoms with van der Waals surface area (Å²) in [6, 6.07) is 9.55. The molecule has 0 unspecified atom stereocenters. The molecule has 2 N–H and O–H groups in total. The summed E-state index contributed by atoms with van der Waals surface area (Å²) in [5.41, 5.74) is 3.33. The molecule has 7 heteroatoms. The molecule has 7 nitrogen and oxygen atoms in total. The number of β-amino-alcohol motifs (C(OH)–C–C–N with tert-alkyl or cyclic N) is 1. The summed E-state index contributed by atoms with van der Waals surface area (Å²) in [5.74, 6) is 1.01. The lowest BCUT2D eigenvalue weighted by Crippen LogP contribution is -2.23. The van der Waals surface area contributed by atoms with E-state index in [2.05, 4.69) is 21.5 Å². The third-order valence-corrected chi connectivity index (χ3v) is 5.51. The number of anilines is 2. The number of pyridine rings is 1. The summed E-state index contributed by atoms with van der Waals surface area (Å²) in [7, 11) is 1.90. The van der Waals surface area contributed by atoms with Gasteiger partial charge in [0, 0.05) is 37.4 Å². The van der Waals surface area contributed by atoms with Gasteiger partial charge < -0.3 is 15.3 Å². The highest BCUT2D eigenvalue weighted by molar-refractivity contribution is 6.04. The Hall–Kier alpha value is -2.93. The Balaban J connectivity index is 1.43. The Labute approximate surface area is 163 Å². The van der Waals surface area contributed by atoms with Crippen LogP contribution in [0.5, 0.6) is 0 Å². The number of nitrogens with one attached hydrogen (secondary N) is 1. The molecule has 3 heterocycles. The number of amides is 1. The predicted octanol–water partition coefficient (Wildman–Crippen LogP) is 2.67. The SMILES string of the molecule is Cn1cc2cc(NC(=O)c3cccc(N4CC[C@H](O)C4)n3)c(C3CC3)cc2n1. The number of hydrogen-bond acceptors (Lipinski definition) is 5. The Morgan fingerprint density at radius 1 is 1.25 bits per heavy atom. The van der Waals surface area contributed by atoms with E-state index in [-0.39, 0.29) is 12.0 Å². The average Bonchev–Trinajstić information content (AvgIpc) is 3.33. The van der Waals surface area contributed by atoms with E-state index in [9.17, 15) is 9.90 Å². The van der Waals surface area contributed by atoms with Crippen LogP contribution < -0.4 is 10.2 Å². The van der Waals surface area contributed by atoms with Crippen LogP contribution in [0.4, 0.5) is 11.5 Å². The molecule has 3 aromatic rings. The highest BCUT2D eigenvalue weighted by Gasteiger charge is 2.28. The van der Waals surface area contributed by atoms with Crippen LogP contribution in [-0.2, 0) is 7.05 Å². The second-order valence-corrected chi connectivity index (χ2v) is 7.80. The number of fused-ring (bicyclic) bond motifs is 1. The quantitative estimate of drug-likeness (QED) is 0.730. The summed E-state index contributed by atoms with van der Waals surface area (Å²) in [6.07, 6.45) is 4.65. The number of aliphatic hydroxyl groups excluding tert-OH is 1. The zero-order valence-corrected chi connectivity index (χ0v) is 15.8. The Morgan fingerprint density at radius 3 is 2.86 bits per heavy atom. The van der Waals surface area contributed by atoms with E-state index in [1.807, 2.05) is 36.3 Å². The maximum Gasteiger partial charge on any atom is 0.274 e. The number of aryl methyl sites for hydroxylation is 1. The zero-order chi connectivity index (χ0) is 19.3. The standard InChI is InChI=1S/C21H23N5O2/c1-25-11-14-9-19(16(13-5-6-13)10-18(14)24-25)23-21(28)17-3-2-4-20(22-17)26-8-7-15(27)12-26/h2-4,9-11,13,15,27H,5-8,12H2,1H3,(H,23,28)/t15-/m0/s1. The number of aliphatic hydroxyl groups is 1. The van der Waals surface area contributed by atoms with Crippen molar-refractivity contribution in [1.82, 2.24) is 14.8 Å². The first kappa shape index (κ1) is 17.2. The molecule has 1 aliphatic carbocycles. The second-order valence-electron chi connectivity index (χ2n) is 7.80. The molecule has 144 valence electrons. The fourth-order valence-corrected chi connectivity index (χ4v) is 3.91. The van der Waals surface area contributed by atoms with Crippen molar-refractivity contribution in [3.05, 3.63) is 47.8 Å². The monoisotopic (exact) mass is 377 g/mol. The van der Waals surface area contributed by atoms with Crippen molar-refractivity contribution in [2.45, 2.75) is 31.3 Å². The normalized spacial score (nSPS) is 19.4. The Morgan fingerprint density at radius 2 is 2.11 bits per heavy atom. The van der Waals surface area contributed by atoms with Gasteiger partial charge in [-0.15, -0.1) is 0 Å². The first-order valence-electron chi connectivity index (χ1n) is 9.75. The molecule has 5 rings (SSSR count). The maximum atomic E-state index is 12.9. The van der Waals surface area contributed by atoms with Gasteiger partial charge in [0.05, 0.1) is 11.6 Å².